The maximum atomic E-state index is 11.5. The minimum atomic E-state index is 0.0152. The summed E-state index contributed by atoms with van der Waals surface area (Å²) in [7, 11) is 0. The lowest BCUT2D eigenvalue weighted by molar-refractivity contribution is -0.144. The lowest BCUT2D eigenvalue weighted by Crippen LogP contribution is -2.09. The van der Waals surface area contributed by atoms with Gasteiger partial charge in [-0.1, -0.05) is 39.0 Å². The lowest BCUT2D eigenvalue weighted by Gasteiger charge is -2.11. The van der Waals surface area contributed by atoms with Crippen LogP contribution in [0.3, 0.4) is 0 Å². The molecular weight excluding hydrogens is 224 g/mol. The van der Waals surface area contributed by atoms with Gasteiger partial charge in [0.2, 0.25) is 0 Å². The lowest BCUT2D eigenvalue weighted by atomic mass is 9.99. The Labute approximate surface area is 111 Å². The van der Waals surface area contributed by atoms with E-state index in [1.54, 1.807) is 0 Å². The SMILES string of the molecule is CC1CCOC(=O)CCCCCCC[C@@H]2C[C@@H]2C1. The van der Waals surface area contributed by atoms with Gasteiger partial charge in [-0.05, 0) is 43.4 Å². The Balaban J connectivity index is 1.73. The van der Waals surface area contributed by atoms with Crippen LogP contribution in [0, 0.1) is 17.8 Å². The average molecular weight is 252 g/mol. The molecule has 0 spiro atoms. The Morgan fingerprint density at radius 2 is 1.72 bits per heavy atom. The summed E-state index contributed by atoms with van der Waals surface area (Å²) in [6, 6.07) is 0. The topological polar surface area (TPSA) is 26.3 Å². The molecule has 1 heterocycles. The third-order valence-electron chi connectivity index (χ3n) is 4.60. The number of ether oxygens (including phenoxy) is 1. The standard InChI is InChI=1S/C16H28O2/c1-13-9-10-18-16(17)8-6-4-2-3-5-7-14-12-15(14)11-13/h13-15H,2-12H2,1H3/t13?,14-,15+/m1/s1. The first kappa shape index (κ1) is 13.9. The third kappa shape index (κ3) is 4.99. The zero-order valence-electron chi connectivity index (χ0n) is 11.8. The number of rotatable bonds is 0. The molecule has 1 unspecified atom stereocenters. The molecule has 1 saturated carbocycles. The molecule has 1 aliphatic carbocycles. The van der Waals surface area contributed by atoms with Crippen molar-refractivity contribution >= 4 is 5.97 Å². The molecule has 0 aromatic heterocycles. The Morgan fingerprint density at radius 3 is 2.61 bits per heavy atom. The van der Waals surface area contributed by atoms with Crippen LogP contribution in [0.4, 0.5) is 0 Å². The van der Waals surface area contributed by atoms with E-state index in [1.165, 1.54) is 44.9 Å². The van der Waals surface area contributed by atoms with Gasteiger partial charge in [-0.15, -0.1) is 0 Å². The predicted molar refractivity (Wildman–Crippen MR) is 73.3 cm³/mol. The van der Waals surface area contributed by atoms with Crippen molar-refractivity contribution in [1.29, 1.82) is 0 Å². The van der Waals surface area contributed by atoms with Crippen molar-refractivity contribution in [2.75, 3.05) is 6.61 Å². The average Bonchev–Trinajstić information content (AvgIpc) is 3.05. The zero-order valence-corrected chi connectivity index (χ0v) is 11.8. The zero-order chi connectivity index (χ0) is 12.8. The van der Waals surface area contributed by atoms with Crippen LogP contribution in [0.25, 0.3) is 0 Å². The molecule has 0 radical (unpaired) electrons. The van der Waals surface area contributed by atoms with Gasteiger partial charge < -0.3 is 4.74 Å². The van der Waals surface area contributed by atoms with Crippen LogP contribution in [-0.4, -0.2) is 12.6 Å². The van der Waals surface area contributed by atoms with Gasteiger partial charge in [-0.3, -0.25) is 4.79 Å². The molecule has 104 valence electrons. The van der Waals surface area contributed by atoms with E-state index < -0.39 is 0 Å². The van der Waals surface area contributed by atoms with Gasteiger partial charge in [-0.25, -0.2) is 0 Å². The van der Waals surface area contributed by atoms with Crippen LogP contribution < -0.4 is 0 Å². The first-order valence-electron chi connectivity index (χ1n) is 7.91. The Hall–Kier alpha value is -0.530. The molecule has 0 aromatic rings. The van der Waals surface area contributed by atoms with Gasteiger partial charge in [-0.2, -0.15) is 0 Å². The van der Waals surface area contributed by atoms with Crippen molar-refractivity contribution in [3.63, 3.8) is 0 Å². The summed E-state index contributed by atoms with van der Waals surface area (Å²) in [5.74, 6) is 2.75. The van der Waals surface area contributed by atoms with Crippen molar-refractivity contribution in [1.82, 2.24) is 0 Å². The van der Waals surface area contributed by atoms with Gasteiger partial charge in [0.1, 0.15) is 0 Å². The first-order valence-corrected chi connectivity index (χ1v) is 7.91. The highest BCUT2D eigenvalue weighted by Crippen LogP contribution is 2.46. The fourth-order valence-electron chi connectivity index (χ4n) is 3.24. The minimum Gasteiger partial charge on any atom is -0.466 e. The molecule has 3 atom stereocenters. The molecule has 2 heteroatoms. The van der Waals surface area contributed by atoms with Gasteiger partial charge in [0, 0.05) is 6.42 Å². The van der Waals surface area contributed by atoms with E-state index >= 15 is 0 Å². The van der Waals surface area contributed by atoms with E-state index in [0.717, 1.165) is 30.6 Å². The second-order valence-corrected chi connectivity index (χ2v) is 6.41. The predicted octanol–water partition coefficient (Wildman–Crippen LogP) is 4.33. The molecular formula is C16H28O2. The summed E-state index contributed by atoms with van der Waals surface area (Å²) in [5, 5.41) is 0. The van der Waals surface area contributed by atoms with Crippen LogP contribution in [0.1, 0.15) is 71.1 Å². The summed E-state index contributed by atoms with van der Waals surface area (Å²) in [6.07, 6.45) is 12.2. The largest absolute Gasteiger partial charge is 0.466 e. The van der Waals surface area contributed by atoms with E-state index in [-0.39, 0.29) is 5.97 Å². The minimum absolute atomic E-state index is 0.0152. The van der Waals surface area contributed by atoms with Crippen molar-refractivity contribution in [3.8, 4) is 0 Å². The normalized spacial score (nSPS) is 35.8. The molecule has 0 N–H and O–H groups in total. The molecule has 0 aromatic carbocycles. The molecule has 0 amide bonds. The molecule has 0 bridgehead atoms. The fourth-order valence-corrected chi connectivity index (χ4v) is 3.24. The van der Waals surface area contributed by atoms with Crippen molar-refractivity contribution in [2.45, 2.75) is 71.1 Å². The second-order valence-electron chi connectivity index (χ2n) is 6.41. The molecule has 1 aliphatic heterocycles. The van der Waals surface area contributed by atoms with Gasteiger partial charge in [0.05, 0.1) is 6.61 Å². The highest BCUT2D eigenvalue weighted by atomic mass is 16.5. The van der Waals surface area contributed by atoms with Crippen LogP contribution >= 0.6 is 0 Å². The van der Waals surface area contributed by atoms with E-state index in [2.05, 4.69) is 6.92 Å². The summed E-state index contributed by atoms with van der Waals surface area (Å²) in [5.41, 5.74) is 0. The van der Waals surface area contributed by atoms with Crippen LogP contribution in [0.2, 0.25) is 0 Å². The number of hydrogen-bond donors (Lipinski definition) is 0. The quantitative estimate of drug-likeness (QED) is 0.600. The highest BCUT2D eigenvalue weighted by molar-refractivity contribution is 5.69. The third-order valence-corrected chi connectivity index (χ3v) is 4.60. The summed E-state index contributed by atoms with van der Waals surface area (Å²) in [6.45, 7) is 2.94. The summed E-state index contributed by atoms with van der Waals surface area (Å²) < 4.78 is 5.30. The van der Waals surface area contributed by atoms with Gasteiger partial charge >= 0.3 is 5.97 Å². The number of esters is 1. The van der Waals surface area contributed by atoms with E-state index in [0.29, 0.717) is 13.0 Å². The monoisotopic (exact) mass is 252 g/mol. The van der Waals surface area contributed by atoms with Crippen LogP contribution in [0.15, 0.2) is 0 Å². The second kappa shape index (κ2) is 7.16. The maximum absolute atomic E-state index is 11.5. The number of hydrogen-bond acceptors (Lipinski definition) is 2. The number of cyclic esters (lactones) is 1. The number of carbonyl (C=O) groups is 1. The Kier molecular flexibility index (Phi) is 5.52. The first-order chi connectivity index (χ1) is 8.75. The van der Waals surface area contributed by atoms with Crippen molar-refractivity contribution in [2.24, 2.45) is 17.8 Å². The van der Waals surface area contributed by atoms with Gasteiger partial charge in [0.25, 0.3) is 0 Å². The van der Waals surface area contributed by atoms with E-state index in [9.17, 15) is 4.79 Å². The maximum Gasteiger partial charge on any atom is 0.305 e. The molecule has 2 fully saturated rings. The Bertz CT molecular complexity index is 262. The summed E-state index contributed by atoms with van der Waals surface area (Å²) in [4.78, 5) is 11.5. The molecule has 1 saturated heterocycles. The van der Waals surface area contributed by atoms with Crippen molar-refractivity contribution in [3.05, 3.63) is 0 Å². The van der Waals surface area contributed by atoms with Crippen LogP contribution in [-0.2, 0) is 9.53 Å². The molecule has 2 aliphatic rings. The van der Waals surface area contributed by atoms with E-state index in [1.807, 2.05) is 0 Å². The fraction of sp³-hybridized carbons (Fsp3) is 0.938. The molecule has 2 nitrogen and oxygen atoms in total. The number of fused-ring (bicyclic) bond motifs is 1. The molecule has 2 rings (SSSR count). The van der Waals surface area contributed by atoms with Gasteiger partial charge in [0.15, 0.2) is 0 Å². The summed E-state index contributed by atoms with van der Waals surface area (Å²) >= 11 is 0. The smallest absolute Gasteiger partial charge is 0.305 e. The van der Waals surface area contributed by atoms with Crippen molar-refractivity contribution < 1.29 is 9.53 Å². The number of carbonyl (C=O) groups excluding carboxylic acids is 1. The molecule has 18 heavy (non-hydrogen) atoms. The Morgan fingerprint density at radius 1 is 0.944 bits per heavy atom. The highest BCUT2D eigenvalue weighted by Gasteiger charge is 2.36. The van der Waals surface area contributed by atoms with Crippen LogP contribution in [0.5, 0.6) is 0 Å². The van der Waals surface area contributed by atoms with E-state index in [4.69, 9.17) is 4.74 Å².